The first-order chi connectivity index (χ1) is 17.9. The topological polar surface area (TPSA) is 168 Å². The Bertz CT molecular complexity index is 978. The Labute approximate surface area is 215 Å². The smallest absolute Gasteiger partial charge is 0.187 e. The number of aryl methyl sites for hydroxylation is 1. The van der Waals surface area contributed by atoms with Crippen molar-refractivity contribution < 1.29 is 54.3 Å². The third-order valence-electron chi connectivity index (χ3n) is 7.09. The minimum Gasteiger partial charge on any atom is -0.493 e. The van der Waals surface area contributed by atoms with Crippen molar-refractivity contribution in [3.05, 3.63) is 47.1 Å². The number of hydrogen-bond donors (Lipinski definition) is 6. The van der Waals surface area contributed by atoms with Gasteiger partial charge in [-0.2, -0.15) is 0 Å². The second-order valence-electron chi connectivity index (χ2n) is 9.40. The molecule has 11 nitrogen and oxygen atoms in total. The highest BCUT2D eigenvalue weighted by Gasteiger charge is 2.46. The summed E-state index contributed by atoms with van der Waals surface area (Å²) in [6.45, 7) is -0.654. The van der Waals surface area contributed by atoms with Gasteiger partial charge in [-0.3, -0.25) is 0 Å². The molecule has 2 aliphatic heterocycles. The number of ether oxygens (including phenoxy) is 5. The van der Waals surface area contributed by atoms with Gasteiger partial charge in [0.2, 0.25) is 0 Å². The maximum atomic E-state index is 10.3. The monoisotopic (exact) mass is 524 g/mol. The number of methoxy groups -OCH3 is 2. The Hall–Kier alpha value is -2.06. The normalized spacial score (nSPS) is 35.1. The van der Waals surface area contributed by atoms with Crippen molar-refractivity contribution in [2.75, 3.05) is 34.0 Å². The number of hydrogen-bond acceptors (Lipinski definition) is 11. The maximum Gasteiger partial charge on any atom is 0.187 e. The van der Waals surface area contributed by atoms with E-state index in [-0.39, 0.29) is 19.1 Å². The van der Waals surface area contributed by atoms with Crippen LogP contribution in [0.15, 0.2) is 35.9 Å². The van der Waals surface area contributed by atoms with Crippen LogP contribution in [0.1, 0.15) is 23.5 Å². The molecule has 206 valence electrons. The van der Waals surface area contributed by atoms with E-state index in [0.717, 1.165) is 16.7 Å². The van der Waals surface area contributed by atoms with Gasteiger partial charge in [-0.1, -0.05) is 18.2 Å². The molecule has 37 heavy (non-hydrogen) atoms. The fraction of sp³-hybridized carbons (Fsp3) is 0.615. The van der Waals surface area contributed by atoms with Crippen molar-refractivity contribution >= 4 is 0 Å². The lowest BCUT2D eigenvalue weighted by molar-refractivity contribution is -0.311. The van der Waals surface area contributed by atoms with Crippen LogP contribution in [0, 0.1) is 0 Å². The highest BCUT2D eigenvalue weighted by Crippen LogP contribution is 2.47. The predicted molar refractivity (Wildman–Crippen MR) is 129 cm³/mol. The van der Waals surface area contributed by atoms with Crippen molar-refractivity contribution in [1.82, 2.24) is 0 Å². The van der Waals surface area contributed by atoms with Crippen molar-refractivity contribution in [3.63, 3.8) is 0 Å². The van der Waals surface area contributed by atoms with E-state index in [1.54, 1.807) is 25.3 Å². The molecule has 6 N–H and O–H groups in total. The highest BCUT2D eigenvalue weighted by atomic mass is 16.7. The van der Waals surface area contributed by atoms with Gasteiger partial charge < -0.3 is 54.3 Å². The zero-order valence-corrected chi connectivity index (χ0v) is 20.8. The zero-order chi connectivity index (χ0) is 26.7. The highest BCUT2D eigenvalue weighted by molar-refractivity contribution is 5.56. The van der Waals surface area contributed by atoms with Crippen LogP contribution < -0.4 is 9.47 Å². The summed E-state index contributed by atoms with van der Waals surface area (Å²) in [6, 6.07) is 3.85. The SMILES string of the molecule is COc1cc(CCCO)cc2c1O[C@H](C1=C[C@@H](OC)[C@H](O[C@@H]3O[C@H](CO)[C@@H](O)[C@H](O)[C@H]3O)C=C1)[C@H]2CO. The minimum absolute atomic E-state index is 0.0738. The lowest BCUT2D eigenvalue weighted by Crippen LogP contribution is -2.60. The number of fused-ring (bicyclic) bond motifs is 1. The molecule has 0 saturated carbocycles. The molecule has 11 heteroatoms. The van der Waals surface area contributed by atoms with Crippen LogP contribution in [0.5, 0.6) is 11.5 Å². The van der Waals surface area contributed by atoms with Crippen LogP contribution in [0.4, 0.5) is 0 Å². The summed E-state index contributed by atoms with van der Waals surface area (Å²) in [5, 5.41) is 59.3. The first-order valence-corrected chi connectivity index (χ1v) is 12.3. The average Bonchev–Trinajstić information content (AvgIpc) is 3.30. The van der Waals surface area contributed by atoms with E-state index in [2.05, 4.69) is 0 Å². The molecule has 0 amide bonds. The Morgan fingerprint density at radius 1 is 0.946 bits per heavy atom. The van der Waals surface area contributed by atoms with E-state index >= 15 is 0 Å². The third-order valence-corrected chi connectivity index (χ3v) is 7.09. The van der Waals surface area contributed by atoms with Gasteiger partial charge in [0.05, 0.1) is 26.2 Å². The summed E-state index contributed by atoms with van der Waals surface area (Å²) in [6.07, 6.45) is -2.28. The van der Waals surface area contributed by atoms with Gasteiger partial charge in [0.1, 0.15) is 42.7 Å². The number of aliphatic hydroxyl groups excluding tert-OH is 6. The van der Waals surface area contributed by atoms with E-state index in [4.69, 9.17) is 23.7 Å². The van der Waals surface area contributed by atoms with E-state index in [1.165, 1.54) is 7.11 Å². The first-order valence-electron chi connectivity index (χ1n) is 12.3. The molecule has 1 saturated heterocycles. The summed E-state index contributed by atoms with van der Waals surface area (Å²) in [5.74, 6) is 0.746. The molecule has 0 bridgehead atoms. The van der Waals surface area contributed by atoms with Crippen molar-refractivity contribution in [1.29, 1.82) is 0 Å². The molecule has 3 aliphatic rings. The Kier molecular flexibility index (Phi) is 9.22. The van der Waals surface area contributed by atoms with Gasteiger partial charge in [0, 0.05) is 19.3 Å². The molecule has 0 aromatic heterocycles. The Balaban J connectivity index is 1.53. The van der Waals surface area contributed by atoms with Crippen LogP contribution in [0.3, 0.4) is 0 Å². The van der Waals surface area contributed by atoms with Crippen molar-refractivity contribution in [2.45, 2.75) is 67.8 Å². The van der Waals surface area contributed by atoms with Crippen molar-refractivity contribution in [3.8, 4) is 11.5 Å². The lowest BCUT2D eigenvalue weighted by atomic mass is 9.87. The second-order valence-corrected chi connectivity index (χ2v) is 9.40. The summed E-state index contributed by atoms with van der Waals surface area (Å²) in [4.78, 5) is 0. The van der Waals surface area contributed by atoms with Crippen LogP contribution in [-0.4, -0.2) is 114 Å². The fourth-order valence-corrected chi connectivity index (χ4v) is 5.04. The fourth-order valence-electron chi connectivity index (χ4n) is 5.04. The molecule has 9 atom stereocenters. The summed E-state index contributed by atoms with van der Waals surface area (Å²) < 4.78 is 28.8. The zero-order valence-electron chi connectivity index (χ0n) is 20.8. The van der Waals surface area contributed by atoms with Gasteiger partial charge >= 0.3 is 0 Å². The van der Waals surface area contributed by atoms with Gasteiger partial charge in [0.25, 0.3) is 0 Å². The van der Waals surface area contributed by atoms with Crippen LogP contribution in [-0.2, 0) is 20.6 Å². The first kappa shape index (κ1) is 28.0. The van der Waals surface area contributed by atoms with E-state index in [0.29, 0.717) is 24.3 Å². The van der Waals surface area contributed by atoms with Crippen LogP contribution in [0.2, 0.25) is 0 Å². The molecular formula is C26H36O11. The van der Waals surface area contributed by atoms with E-state index in [1.807, 2.05) is 12.1 Å². The summed E-state index contributed by atoms with van der Waals surface area (Å²) in [5.41, 5.74) is 2.54. The molecule has 0 unspecified atom stereocenters. The number of aliphatic hydroxyl groups is 6. The Morgan fingerprint density at radius 3 is 2.38 bits per heavy atom. The molecule has 1 aromatic rings. The summed E-state index contributed by atoms with van der Waals surface area (Å²) in [7, 11) is 3.05. The molecule has 0 radical (unpaired) electrons. The van der Waals surface area contributed by atoms with Gasteiger partial charge in [-0.25, -0.2) is 0 Å². The quantitative estimate of drug-likeness (QED) is 0.226. The van der Waals surface area contributed by atoms with Crippen LogP contribution >= 0.6 is 0 Å². The third kappa shape index (κ3) is 5.56. The van der Waals surface area contributed by atoms with E-state index in [9.17, 15) is 30.6 Å². The maximum absolute atomic E-state index is 10.3. The molecule has 2 heterocycles. The predicted octanol–water partition coefficient (Wildman–Crippen LogP) is -0.847. The molecule has 4 rings (SSSR count). The Morgan fingerprint density at radius 2 is 1.73 bits per heavy atom. The van der Waals surface area contributed by atoms with E-state index < -0.39 is 55.6 Å². The van der Waals surface area contributed by atoms with Gasteiger partial charge in [0.15, 0.2) is 17.8 Å². The lowest BCUT2D eigenvalue weighted by Gasteiger charge is -2.41. The molecular weight excluding hydrogens is 488 g/mol. The van der Waals surface area contributed by atoms with Crippen molar-refractivity contribution in [2.24, 2.45) is 0 Å². The largest absolute Gasteiger partial charge is 0.493 e. The second kappa shape index (κ2) is 12.2. The number of benzene rings is 1. The average molecular weight is 525 g/mol. The van der Waals surface area contributed by atoms with Gasteiger partial charge in [-0.15, -0.1) is 0 Å². The molecule has 0 spiro atoms. The minimum atomic E-state index is -1.55. The molecule has 1 aromatic carbocycles. The molecule has 1 fully saturated rings. The van der Waals surface area contributed by atoms with Gasteiger partial charge in [-0.05, 0) is 36.1 Å². The number of rotatable bonds is 10. The van der Waals surface area contributed by atoms with Crippen LogP contribution in [0.25, 0.3) is 0 Å². The standard InChI is InChI=1S/C26H36O11/c1-33-18-10-14(5-6-17(18)35-26-23(32)22(31)21(30)20(12-29)36-26)24-16(11-28)15-8-13(4-3-7-27)9-19(34-2)25(15)37-24/h5-6,8-10,16-18,20-24,26-32H,3-4,7,11-12H2,1-2H3/t16-,17+,18+,20+,21+,22-,23+,24+,26+/m0/s1. The molecule has 1 aliphatic carbocycles. The summed E-state index contributed by atoms with van der Waals surface area (Å²) >= 11 is 0.